The Morgan fingerprint density at radius 1 is 1.09 bits per heavy atom. The smallest absolute Gasteiger partial charge is 0.417 e. The van der Waals surface area contributed by atoms with Crippen molar-refractivity contribution in [3.05, 3.63) is 83.9 Å². The summed E-state index contributed by atoms with van der Waals surface area (Å²) in [6, 6.07) is 7.61. The van der Waals surface area contributed by atoms with Crippen LogP contribution in [0.3, 0.4) is 0 Å². The molecule has 6 rings (SSSR count). The van der Waals surface area contributed by atoms with Crippen molar-refractivity contribution in [1.82, 2.24) is 19.9 Å². The van der Waals surface area contributed by atoms with Gasteiger partial charge in [-0.15, -0.1) is 0 Å². The second kappa shape index (κ2) is 7.09. The molecule has 1 saturated heterocycles. The molecule has 10 heteroatoms. The summed E-state index contributed by atoms with van der Waals surface area (Å²) in [5.74, 6) is -0.201. The molecule has 2 fully saturated rings. The van der Waals surface area contributed by atoms with Crippen LogP contribution in [-0.2, 0) is 6.18 Å². The molecule has 0 aromatic carbocycles. The maximum atomic E-state index is 14.4. The number of rotatable bonds is 4. The van der Waals surface area contributed by atoms with E-state index >= 15 is 0 Å². The van der Waals surface area contributed by atoms with E-state index in [1.54, 1.807) is 17.0 Å². The molecule has 1 aliphatic heterocycles. The van der Waals surface area contributed by atoms with E-state index in [2.05, 4.69) is 15.0 Å². The summed E-state index contributed by atoms with van der Waals surface area (Å²) in [7, 11) is 0. The van der Waals surface area contributed by atoms with Crippen molar-refractivity contribution in [3.8, 4) is 17.1 Å². The van der Waals surface area contributed by atoms with Crippen LogP contribution in [-0.4, -0.2) is 38.3 Å². The molecule has 6 nitrogen and oxygen atoms in total. The molecule has 0 bridgehead atoms. The Hall–Kier alpha value is -3.82. The zero-order valence-corrected chi connectivity index (χ0v) is 17.5. The van der Waals surface area contributed by atoms with Gasteiger partial charge in [-0.2, -0.15) is 13.2 Å². The van der Waals surface area contributed by atoms with Gasteiger partial charge in [0.2, 0.25) is 5.88 Å². The van der Waals surface area contributed by atoms with Gasteiger partial charge in [-0.3, -0.25) is 14.8 Å². The number of pyridine rings is 3. The first-order chi connectivity index (χ1) is 16.3. The zero-order valence-electron chi connectivity index (χ0n) is 17.5. The van der Waals surface area contributed by atoms with Crippen LogP contribution in [0.2, 0.25) is 0 Å². The van der Waals surface area contributed by atoms with E-state index in [-0.39, 0.29) is 46.1 Å². The normalized spacial score (nSPS) is 24.6. The average molecular weight is 468 g/mol. The molecule has 4 heterocycles. The Bertz CT molecular complexity index is 1340. The number of ether oxygens (including phenoxy) is 1. The highest BCUT2D eigenvalue weighted by atomic mass is 19.4. The molecular weight excluding hydrogens is 452 g/mol. The summed E-state index contributed by atoms with van der Waals surface area (Å²) < 4.78 is 58.6. The molecule has 1 spiro atoms. The van der Waals surface area contributed by atoms with Crippen molar-refractivity contribution in [3.63, 3.8) is 0 Å². The lowest BCUT2D eigenvalue weighted by molar-refractivity contribution is -0.137. The fourth-order valence-electron chi connectivity index (χ4n) is 4.99. The summed E-state index contributed by atoms with van der Waals surface area (Å²) >= 11 is 0. The zero-order chi connectivity index (χ0) is 23.7. The molecule has 1 amide bonds. The molecule has 3 aromatic heterocycles. The number of likely N-dealkylation sites (tertiary alicyclic amines) is 1. The first-order valence-corrected chi connectivity index (χ1v) is 10.6. The predicted molar refractivity (Wildman–Crippen MR) is 111 cm³/mol. The number of hydrogen-bond acceptors (Lipinski definition) is 5. The number of amides is 1. The van der Waals surface area contributed by atoms with Crippen molar-refractivity contribution < 1.29 is 27.1 Å². The molecule has 1 saturated carbocycles. The third-order valence-corrected chi connectivity index (χ3v) is 6.69. The molecule has 3 unspecified atom stereocenters. The first kappa shape index (κ1) is 20.8. The minimum absolute atomic E-state index is 0.0136. The lowest BCUT2D eigenvalue weighted by Crippen LogP contribution is -2.48. The van der Waals surface area contributed by atoms with Gasteiger partial charge < -0.3 is 9.64 Å². The van der Waals surface area contributed by atoms with Crippen LogP contribution in [0.25, 0.3) is 11.3 Å². The number of carbonyl (C=O) groups is 1. The lowest BCUT2D eigenvalue weighted by atomic mass is 9.82. The van der Waals surface area contributed by atoms with Crippen molar-refractivity contribution >= 4 is 5.91 Å². The van der Waals surface area contributed by atoms with E-state index in [1.165, 1.54) is 24.5 Å². The monoisotopic (exact) mass is 468 g/mol. The lowest BCUT2D eigenvalue weighted by Gasteiger charge is -2.38. The predicted octanol–water partition coefficient (Wildman–Crippen LogP) is 4.50. The molecule has 3 aromatic rings. The van der Waals surface area contributed by atoms with Gasteiger partial charge in [0.15, 0.2) is 0 Å². The quantitative estimate of drug-likeness (QED) is 0.528. The Balaban J connectivity index is 1.27. The van der Waals surface area contributed by atoms with Crippen LogP contribution >= 0.6 is 0 Å². The standard InChI is InChI=1S/C24H16F4N4O2/c25-16-4-2-8-29-19(16)15-3-1-7-30-20(15)22(33)32-12-14-9-23(14)10-17(21(23)32)34-18-6-5-13(11-31-18)24(26,27)28/h1-8,10-11,14,21H,9,12H2. The van der Waals surface area contributed by atoms with Crippen molar-refractivity contribution in [2.24, 2.45) is 11.3 Å². The molecular formula is C24H16F4N4O2. The molecule has 34 heavy (non-hydrogen) atoms. The van der Waals surface area contributed by atoms with E-state index in [0.29, 0.717) is 18.5 Å². The van der Waals surface area contributed by atoms with E-state index in [1.807, 2.05) is 6.08 Å². The minimum atomic E-state index is -4.49. The van der Waals surface area contributed by atoms with Gasteiger partial charge in [0.25, 0.3) is 5.91 Å². The number of aromatic nitrogens is 3. The number of alkyl halides is 3. The second-order valence-electron chi connectivity index (χ2n) is 8.64. The van der Waals surface area contributed by atoms with Gasteiger partial charge >= 0.3 is 6.18 Å². The average Bonchev–Trinajstić information content (AvgIpc) is 3.47. The summed E-state index contributed by atoms with van der Waals surface area (Å²) in [4.78, 5) is 27.2. The molecule has 3 aliphatic rings. The summed E-state index contributed by atoms with van der Waals surface area (Å²) in [6.07, 6.45) is 1.95. The SMILES string of the molecule is O=C(c1ncccc1-c1ncccc1F)N1CC2CC23C=C(Oc2ccc(C(F)(F)F)cn2)C13. The molecule has 2 aliphatic carbocycles. The summed E-state index contributed by atoms with van der Waals surface area (Å²) in [5.41, 5.74) is -0.663. The Morgan fingerprint density at radius 2 is 1.88 bits per heavy atom. The van der Waals surface area contributed by atoms with Gasteiger partial charge in [-0.25, -0.2) is 9.37 Å². The van der Waals surface area contributed by atoms with Crippen molar-refractivity contribution in [2.45, 2.75) is 18.6 Å². The third-order valence-electron chi connectivity index (χ3n) is 6.69. The van der Waals surface area contributed by atoms with E-state index in [4.69, 9.17) is 4.74 Å². The van der Waals surface area contributed by atoms with Crippen LogP contribution in [0.15, 0.2) is 66.8 Å². The van der Waals surface area contributed by atoms with Gasteiger partial charge in [0.1, 0.15) is 23.0 Å². The van der Waals surface area contributed by atoms with Gasteiger partial charge in [-0.05, 0) is 48.7 Å². The molecule has 172 valence electrons. The van der Waals surface area contributed by atoms with Crippen molar-refractivity contribution in [2.75, 3.05) is 6.54 Å². The van der Waals surface area contributed by atoms with E-state index < -0.39 is 17.6 Å². The van der Waals surface area contributed by atoms with Gasteiger partial charge in [-0.1, -0.05) is 0 Å². The van der Waals surface area contributed by atoms with Crippen molar-refractivity contribution in [1.29, 1.82) is 0 Å². The molecule has 0 radical (unpaired) electrons. The Labute approximate surface area is 190 Å². The first-order valence-electron chi connectivity index (χ1n) is 10.6. The second-order valence-corrected chi connectivity index (χ2v) is 8.64. The fourth-order valence-corrected chi connectivity index (χ4v) is 4.99. The van der Waals surface area contributed by atoms with Crippen LogP contribution in [0.4, 0.5) is 17.6 Å². The van der Waals surface area contributed by atoms with Crippen LogP contribution < -0.4 is 4.74 Å². The largest absolute Gasteiger partial charge is 0.441 e. The highest BCUT2D eigenvalue weighted by Crippen LogP contribution is 2.69. The minimum Gasteiger partial charge on any atom is -0.441 e. The van der Waals surface area contributed by atoms with Crippen LogP contribution in [0.5, 0.6) is 5.88 Å². The Morgan fingerprint density at radius 3 is 2.62 bits per heavy atom. The van der Waals surface area contributed by atoms with Gasteiger partial charge in [0.05, 0.1) is 11.6 Å². The fraction of sp³-hybridized carbons (Fsp3) is 0.250. The van der Waals surface area contributed by atoms with Crippen LogP contribution in [0.1, 0.15) is 22.5 Å². The molecule has 3 atom stereocenters. The number of piperidine rings is 1. The van der Waals surface area contributed by atoms with Gasteiger partial charge in [0, 0.05) is 42.2 Å². The Kier molecular flexibility index (Phi) is 4.33. The van der Waals surface area contributed by atoms with E-state index in [9.17, 15) is 22.4 Å². The number of hydrogen-bond donors (Lipinski definition) is 0. The number of halogens is 4. The summed E-state index contributed by atoms with van der Waals surface area (Å²) in [6.45, 7) is 0.480. The highest BCUT2D eigenvalue weighted by Gasteiger charge is 2.72. The van der Waals surface area contributed by atoms with Crippen LogP contribution in [0, 0.1) is 17.2 Å². The van der Waals surface area contributed by atoms with E-state index in [0.717, 1.165) is 18.6 Å². The maximum absolute atomic E-state index is 14.4. The molecule has 0 N–H and O–H groups in total. The number of carbonyl (C=O) groups excluding carboxylic acids is 1. The maximum Gasteiger partial charge on any atom is 0.417 e. The topological polar surface area (TPSA) is 68.2 Å². The highest BCUT2D eigenvalue weighted by molar-refractivity contribution is 5.99. The third kappa shape index (κ3) is 3.08. The summed E-state index contributed by atoms with van der Waals surface area (Å²) in [5, 5.41) is 0. The number of nitrogens with zero attached hydrogens (tertiary/aromatic N) is 4.